The molecule has 0 aliphatic carbocycles. The Bertz CT molecular complexity index is 644. The quantitative estimate of drug-likeness (QED) is 0.648. The highest BCUT2D eigenvalue weighted by Crippen LogP contribution is 2.26. The Balaban J connectivity index is 2.42. The summed E-state index contributed by atoms with van der Waals surface area (Å²) < 4.78 is 39.8. The molecule has 0 saturated carbocycles. The second-order valence-corrected chi connectivity index (χ2v) is 6.62. The van der Waals surface area contributed by atoms with E-state index in [0.717, 1.165) is 24.7 Å². The number of nitro benzene ring substituents is 1. The molecule has 1 aromatic carbocycles. The van der Waals surface area contributed by atoms with Crippen molar-refractivity contribution in [3.63, 3.8) is 0 Å². The van der Waals surface area contributed by atoms with E-state index in [1.165, 1.54) is 4.31 Å². The molecule has 0 radical (unpaired) electrons. The van der Waals surface area contributed by atoms with E-state index in [0.29, 0.717) is 13.0 Å². The number of likely N-dealkylation sites (N-methyl/N-ethyl adjacent to an activating group) is 1. The van der Waals surface area contributed by atoms with Crippen LogP contribution in [0.1, 0.15) is 13.3 Å². The van der Waals surface area contributed by atoms with Gasteiger partial charge in [-0.2, -0.15) is 8.70 Å². The van der Waals surface area contributed by atoms with Crippen molar-refractivity contribution in [2.75, 3.05) is 19.6 Å². The first-order valence-electron chi connectivity index (χ1n) is 6.54. The lowest BCUT2D eigenvalue weighted by molar-refractivity contribution is -0.387. The van der Waals surface area contributed by atoms with E-state index in [1.807, 2.05) is 0 Å². The minimum Gasteiger partial charge on any atom is -0.315 e. The number of nitrogens with zero attached hydrogens (tertiary/aromatic N) is 2. The molecule has 21 heavy (non-hydrogen) atoms. The Labute approximate surface area is 122 Å². The molecule has 1 atom stereocenters. The maximum absolute atomic E-state index is 13.3. The molecule has 116 valence electrons. The molecule has 2 rings (SSSR count). The summed E-state index contributed by atoms with van der Waals surface area (Å²) in [5.41, 5.74) is -0.836. The zero-order valence-electron chi connectivity index (χ0n) is 11.5. The summed E-state index contributed by atoms with van der Waals surface area (Å²) >= 11 is 0. The van der Waals surface area contributed by atoms with Crippen LogP contribution in [0.5, 0.6) is 0 Å². The number of benzene rings is 1. The molecule has 1 heterocycles. The first-order valence-corrected chi connectivity index (χ1v) is 7.98. The molecule has 0 aromatic heterocycles. The lowest BCUT2D eigenvalue weighted by Crippen LogP contribution is -2.41. The second-order valence-electron chi connectivity index (χ2n) is 4.73. The van der Waals surface area contributed by atoms with Crippen molar-refractivity contribution < 1.29 is 17.7 Å². The molecule has 1 fully saturated rings. The molecule has 0 bridgehead atoms. The van der Waals surface area contributed by atoms with E-state index in [1.54, 1.807) is 6.92 Å². The van der Waals surface area contributed by atoms with Crippen LogP contribution in [0.4, 0.5) is 10.1 Å². The molecule has 1 saturated heterocycles. The summed E-state index contributed by atoms with van der Waals surface area (Å²) in [6, 6.07) is 2.45. The maximum Gasteiger partial charge on any atom is 0.306 e. The van der Waals surface area contributed by atoms with Gasteiger partial charge in [0, 0.05) is 25.2 Å². The van der Waals surface area contributed by atoms with Crippen molar-refractivity contribution >= 4 is 15.7 Å². The molecule has 1 aliphatic heterocycles. The molecule has 1 N–H and O–H groups in total. The Hall–Kier alpha value is -1.58. The van der Waals surface area contributed by atoms with Gasteiger partial charge in [0.1, 0.15) is 0 Å². The molecule has 1 aliphatic rings. The summed E-state index contributed by atoms with van der Waals surface area (Å²) in [5.74, 6) is -1.05. The predicted molar refractivity (Wildman–Crippen MR) is 73.9 cm³/mol. The Kier molecular flexibility index (Phi) is 4.55. The largest absolute Gasteiger partial charge is 0.315 e. The molecule has 1 aromatic rings. The maximum atomic E-state index is 13.3. The Morgan fingerprint density at radius 1 is 1.52 bits per heavy atom. The fourth-order valence-electron chi connectivity index (χ4n) is 2.44. The lowest BCUT2D eigenvalue weighted by Gasteiger charge is -2.26. The average Bonchev–Trinajstić information content (AvgIpc) is 2.93. The van der Waals surface area contributed by atoms with Crippen molar-refractivity contribution in [2.24, 2.45) is 0 Å². The van der Waals surface area contributed by atoms with Crippen LogP contribution in [0.15, 0.2) is 23.1 Å². The third-order valence-electron chi connectivity index (χ3n) is 3.47. The molecular formula is C12H16FN3O4S. The molecule has 0 amide bonds. The minimum atomic E-state index is -3.89. The number of rotatable bonds is 5. The van der Waals surface area contributed by atoms with E-state index in [-0.39, 0.29) is 17.5 Å². The van der Waals surface area contributed by atoms with Crippen molar-refractivity contribution in [1.82, 2.24) is 9.62 Å². The topological polar surface area (TPSA) is 92.6 Å². The van der Waals surface area contributed by atoms with Crippen molar-refractivity contribution in [3.8, 4) is 0 Å². The Morgan fingerprint density at radius 2 is 2.24 bits per heavy atom. The van der Waals surface area contributed by atoms with Crippen LogP contribution in [0.2, 0.25) is 0 Å². The van der Waals surface area contributed by atoms with Gasteiger partial charge in [0.05, 0.1) is 9.82 Å². The fourth-order valence-corrected chi connectivity index (χ4v) is 4.12. The summed E-state index contributed by atoms with van der Waals surface area (Å²) in [4.78, 5) is 9.56. The van der Waals surface area contributed by atoms with E-state index in [2.05, 4.69) is 5.32 Å². The molecule has 7 nitrogen and oxygen atoms in total. The number of nitrogens with one attached hydrogen (secondary N) is 1. The monoisotopic (exact) mass is 317 g/mol. The number of sulfonamides is 1. The van der Waals surface area contributed by atoms with E-state index in [9.17, 15) is 22.9 Å². The van der Waals surface area contributed by atoms with Crippen LogP contribution in [0, 0.1) is 15.9 Å². The summed E-state index contributed by atoms with van der Waals surface area (Å²) in [7, 11) is -3.89. The normalized spacial score (nSPS) is 19.1. The first kappa shape index (κ1) is 15.8. The fraction of sp³-hybridized carbons (Fsp3) is 0.500. The molecule has 0 spiro atoms. The number of hydrogen-bond donors (Lipinski definition) is 1. The van der Waals surface area contributed by atoms with Gasteiger partial charge in [-0.25, -0.2) is 8.42 Å². The van der Waals surface area contributed by atoms with Crippen LogP contribution in [-0.4, -0.2) is 43.3 Å². The van der Waals surface area contributed by atoms with Crippen molar-refractivity contribution in [3.05, 3.63) is 34.1 Å². The predicted octanol–water partition coefficient (Wildman–Crippen LogP) is 1.11. The van der Waals surface area contributed by atoms with Gasteiger partial charge in [-0.1, -0.05) is 6.92 Å². The average molecular weight is 317 g/mol. The van der Waals surface area contributed by atoms with Crippen molar-refractivity contribution in [1.29, 1.82) is 0 Å². The zero-order chi connectivity index (χ0) is 15.6. The van der Waals surface area contributed by atoms with Crippen LogP contribution in [0.3, 0.4) is 0 Å². The van der Waals surface area contributed by atoms with Crippen LogP contribution in [-0.2, 0) is 10.0 Å². The van der Waals surface area contributed by atoms with Gasteiger partial charge < -0.3 is 5.32 Å². The van der Waals surface area contributed by atoms with Crippen LogP contribution in [0.25, 0.3) is 0 Å². The standard InChI is InChI=1S/C12H16FN3O4S/c1-2-15(9-5-6-14-8-9)21(19,20)10-3-4-11(13)12(7-10)16(17)18/h3-4,7,9,14H,2,5-6,8H2,1H3. The highest BCUT2D eigenvalue weighted by atomic mass is 32.2. The number of halogens is 1. The third-order valence-corrected chi connectivity index (χ3v) is 5.50. The minimum absolute atomic E-state index is 0.191. The third kappa shape index (κ3) is 3.04. The Morgan fingerprint density at radius 3 is 2.76 bits per heavy atom. The highest BCUT2D eigenvalue weighted by molar-refractivity contribution is 7.89. The SMILES string of the molecule is CCN(C1CCNC1)S(=O)(=O)c1ccc(F)c([N+](=O)[O-])c1. The van der Waals surface area contributed by atoms with E-state index >= 15 is 0 Å². The smallest absolute Gasteiger partial charge is 0.306 e. The van der Waals surface area contributed by atoms with Gasteiger partial charge in [0.15, 0.2) is 0 Å². The number of nitro groups is 1. The van der Waals surface area contributed by atoms with Gasteiger partial charge in [-0.15, -0.1) is 0 Å². The van der Waals surface area contributed by atoms with Gasteiger partial charge >= 0.3 is 5.69 Å². The zero-order valence-corrected chi connectivity index (χ0v) is 12.3. The summed E-state index contributed by atoms with van der Waals surface area (Å²) in [5, 5.41) is 13.8. The molecule has 1 unspecified atom stereocenters. The highest BCUT2D eigenvalue weighted by Gasteiger charge is 2.33. The number of hydrogen-bond acceptors (Lipinski definition) is 5. The van der Waals surface area contributed by atoms with E-state index < -0.39 is 26.5 Å². The van der Waals surface area contributed by atoms with Crippen LogP contribution < -0.4 is 5.32 Å². The van der Waals surface area contributed by atoms with Gasteiger partial charge in [0.25, 0.3) is 0 Å². The molecule has 9 heteroatoms. The molecular weight excluding hydrogens is 301 g/mol. The van der Waals surface area contributed by atoms with Gasteiger partial charge in [-0.3, -0.25) is 10.1 Å². The summed E-state index contributed by atoms with van der Waals surface area (Å²) in [6.07, 6.45) is 0.677. The van der Waals surface area contributed by atoms with E-state index in [4.69, 9.17) is 0 Å². The van der Waals surface area contributed by atoms with Crippen molar-refractivity contribution in [2.45, 2.75) is 24.3 Å². The lowest BCUT2D eigenvalue weighted by atomic mass is 10.3. The van der Waals surface area contributed by atoms with Gasteiger partial charge in [0.2, 0.25) is 15.8 Å². The van der Waals surface area contributed by atoms with Crippen LogP contribution >= 0.6 is 0 Å². The first-order chi connectivity index (χ1) is 9.87. The summed E-state index contributed by atoms with van der Waals surface area (Å²) in [6.45, 7) is 3.21. The van der Waals surface area contributed by atoms with Gasteiger partial charge in [-0.05, 0) is 25.1 Å². The second kappa shape index (κ2) is 6.04.